The number of hydrogen-bond donors (Lipinski definition) is 2. The molecule has 1 aromatic heterocycles. The fourth-order valence-corrected chi connectivity index (χ4v) is 4.91. The Bertz CT molecular complexity index is 1130. The van der Waals surface area contributed by atoms with Crippen LogP contribution in [0.2, 0.25) is 0 Å². The van der Waals surface area contributed by atoms with Crippen LogP contribution < -0.4 is 14.8 Å². The third-order valence-corrected chi connectivity index (χ3v) is 6.63. The number of carbonyl (C=O) groups is 1. The normalized spacial score (nSPS) is 11.2. The van der Waals surface area contributed by atoms with Crippen molar-refractivity contribution in [1.82, 2.24) is 4.98 Å². The monoisotopic (exact) mass is 431 g/mol. The Hall–Kier alpha value is -2.91. The molecule has 0 bridgehead atoms. The van der Waals surface area contributed by atoms with Crippen molar-refractivity contribution in [2.24, 2.45) is 0 Å². The molecule has 2 N–H and O–H groups in total. The van der Waals surface area contributed by atoms with Gasteiger partial charge in [0, 0.05) is 5.69 Å². The Kier molecular flexibility index (Phi) is 5.90. The molecule has 1 heterocycles. The molecule has 0 aliphatic carbocycles. The summed E-state index contributed by atoms with van der Waals surface area (Å²) in [4.78, 5) is 17.3. The maximum Gasteiger partial charge on any atom is 0.267 e. The number of thiazole rings is 1. The standard InChI is InChI=1S/C20H21N3O4S2/c1-12-9-13(2)11-15(10-12)22-19(24)18-14(3)21-20(28-18)23-29(25,26)17-7-5-16(27-4)6-8-17/h5-11H,1-4H3,(H,21,23)(H,22,24). The third kappa shape index (κ3) is 4.93. The van der Waals surface area contributed by atoms with Gasteiger partial charge in [-0.3, -0.25) is 9.52 Å². The van der Waals surface area contributed by atoms with Crippen LogP contribution in [0.15, 0.2) is 47.4 Å². The van der Waals surface area contributed by atoms with Crippen molar-refractivity contribution in [3.63, 3.8) is 0 Å². The Morgan fingerprint density at radius 1 is 1.03 bits per heavy atom. The highest BCUT2D eigenvalue weighted by molar-refractivity contribution is 7.93. The van der Waals surface area contributed by atoms with Gasteiger partial charge >= 0.3 is 0 Å². The van der Waals surface area contributed by atoms with E-state index in [-0.39, 0.29) is 15.9 Å². The van der Waals surface area contributed by atoms with Crippen LogP contribution in [0.1, 0.15) is 26.5 Å². The van der Waals surface area contributed by atoms with Crippen LogP contribution in [0.25, 0.3) is 0 Å². The first-order valence-corrected chi connectivity index (χ1v) is 11.0. The molecule has 9 heteroatoms. The summed E-state index contributed by atoms with van der Waals surface area (Å²) in [6.07, 6.45) is 0. The maximum atomic E-state index is 12.6. The summed E-state index contributed by atoms with van der Waals surface area (Å²) in [7, 11) is -2.32. The molecule has 0 aliphatic heterocycles. The van der Waals surface area contributed by atoms with Crippen molar-refractivity contribution in [3.05, 3.63) is 64.2 Å². The molecule has 0 unspecified atom stereocenters. The van der Waals surface area contributed by atoms with Gasteiger partial charge in [0.15, 0.2) is 5.13 Å². The molecule has 0 saturated carbocycles. The van der Waals surface area contributed by atoms with Crippen LogP contribution in [0.5, 0.6) is 5.75 Å². The summed E-state index contributed by atoms with van der Waals surface area (Å²) < 4.78 is 32.6. The van der Waals surface area contributed by atoms with E-state index < -0.39 is 10.0 Å². The first-order valence-electron chi connectivity index (χ1n) is 8.72. The average Bonchev–Trinajstić information content (AvgIpc) is 3.00. The van der Waals surface area contributed by atoms with Crippen molar-refractivity contribution in [2.75, 3.05) is 17.1 Å². The van der Waals surface area contributed by atoms with Crippen molar-refractivity contribution in [3.8, 4) is 5.75 Å². The van der Waals surface area contributed by atoms with Crippen LogP contribution in [-0.4, -0.2) is 26.4 Å². The van der Waals surface area contributed by atoms with Crippen LogP contribution in [-0.2, 0) is 10.0 Å². The van der Waals surface area contributed by atoms with Gasteiger partial charge in [-0.2, -0.15) is 0 Å². The van der Waals surface area contributed by atoms with Crippen molar-refractivity contribution < 1.29 is 17.9 Å². The average molecular weight is 432 g/mol. The van der Waals surface area contributed by atoms with Crippen molar-refractivity contribution in [2.45, 2.75) is 25.7 Å². The molecule has 2 aromatic carbocycles. The zero-order valence-electron chi connectivity index (χ0n) is 16.4. The summed E-state index contributed by atoms with van der Waals surface area (Å²) in [6.45, 7) is 5.57. The predicted octanol–water partition coefficient (Wildman–Crippen LogP) is 4.13. The molecular formula is C20H21N3O4S2. The van der Waals surface area contributed by atoms with E-state index in [0.29, 0.717) is 22.0 Å². The minimum Gasteiger partial charge on any atom is -0.497 e. The van der Waals surface area contributed by atoms with Gasteiger partial charge in [-0.1, -0.05) is 17.4 Å². The zero-order chi connectivity index (χ0) is 21.2. The number of rotatable bonds is 6. The Morgan fingerprint density at radius 2 is 1.66 bits per heavy atom. The fourth-order valence-electron chi connectivity index (χ4n) is 2.81. The van der Waals surface area contributed by atoms with Crippen molar-refractivity contribution >= 4 is 38.1 Å². The summed E-state index contributed by atoms with van der Waals surface area (Å²) >= 11 is 0.986. The van der Waals surface area contributed by atoms with Gasteiger partial charge in [-0.15, -0.1) is 0 Å². The second-order valence-electron chi connectivity index (χ2n) is 6.55. The fraction of sp³-hybridized carbons (Fsp3) is 0.200. The van der Waals surface area contributed by atoms with E-state index in [9.17, 15) is 13.2 Å². The maximum absolute atomic E-state index is 12.6. The van der Waals surface area contributed by atoms with Gasteiger partial charge in [-0.05, 0) is 68.3 Å². The SMILES string of the molecule is COc1ccc(S(=O)(=O)Nc2nc(C)c(C(=O)Nc3cc(C)cc(C)c3)s2)cc1. The molecule has 152 valence electrons. The second kappa shape index (κ2) is 8.22. The number of sulfonamides is 1. The van der Waals surface area contributed by atoms with E-state index in [2.05, 4.69) is 15.0 Å². The van der Waals surface area contributed by atoms with E-state index >= 15 is 0 Å². The van der Waals surface area contributed by atoms with E-state index in [1.165, 1.54) is 19.2 Å². The molecule has 3 aromatic rings. The first-order chi connectivity index (χ1) is 13.7. The highest BCUT2D eigenvalue weighted by atomic mass is 32.2. The number of ether oxygens (including phenoxy) is 1. The van der Waals surface area contributed by atoms with E-state index in [1.807, 2.05) is 32.0 Å². The number of nitrogens with one attached hydrogen (secondary N) is 2. The summed E-state index contributed by atoms with van der Waals surface area (Å²) in [6, 6.07) is 11.8. The third-order valence-electron chi connectivity index (χ3n) is 4.07. The molecule has 0 spiro atoms. The number of hydrogen-bond acceptors (Lipinski definition) is 6. The minimum atomic E-state index is -3.83. The molecule has 3 rings (SSSR count). The van der Waals surface area contributed by atoms with Gasteiger partial charge in [-0.25, -0.2) is 13.4 Å². The predicted molar refractivity (Wildman–Crippen MR) is 115 cm³/mol. The molecule has 0 radical (unpaired) electrons. The van der Waals surface area contributed by atoms with Gasteiger partial charge in [0.1, 0.15) is 10.6 Å². The number of carbonyl (C=O) groups excluding carboxylic acids is 1. The lowest BCUT2D eigenvalue weighted by molar-refractivity contribution is 0.103. The molecule has 0 saturated heterocycles. The van der Waals surface area contributed by atoms with E-state index in [1.54, 1.807) is 19.1 Å². The number of anilines is 2. The second-order valence-corrected chi connectivity index (χ2v) is 9.23. The van der Waals surface area contributed by atoms with Gasteiger partial charge in [0.05, 0.1) is 17.7 Å². The van der Waals surface area contributed by atoms with Gasteiger partial charge in [0.2, 0.25) is 0 Å². The van der Waals surface area contributed by atoms with Crippen LogP contribution in [0, 0.1) is 20.8 Å². The Balaban J connectivity index is 1.79. The van der Waals surface area contributed by atoms with Crippen LogP contribution in [0.4, 0.5) is 10.8 Å². The molecule has 1 amide bonds. The summed E-state index contributed by atoms with van der Waals surface area (Å²) in [5.74, 6) is 0.222. The Labute approximate surface area is 173 Å². The lowest BCUT2D eigenvalue weighted by Gasteiger charge is -2.07. The lowest BCUT2D eigenvalue weighted by Crippen LogP contribution is -2.12. The van der Waals surface area contributed by atoms with E-state index in [4.69, 9.17) is 4.74 Å². The number of aryl methyl sites for hydroxylation is 3. The first kappa shape index (κ1) is 20.8. The highest BCUT2D eigenvalue weighted by Crippen LogP contribution is 2.27. The minimum absolute atomic E-state index is 0.0763. The van der Waals surface area contributed by atoms with Gasteiger partial charge in [0.25, 0.3) is 15.9 Å². The zero-order valence-corrected chi connectivity index (χ0v) is 18.1. The highest BCUT2D eigenvalue weighted by Gasteiger charge is 2.20. The number of nitrogens with zero attached hydrogens (tertiary/aromatic N) is 1. The molecule has 0 fully saturated rings. The van der Waals surface area contributed by atoms with E-state index in [0.717, 1.165) is 22.5 Å². The summed E-state index contributed by atoms with van der Waals surface area (Å²) in [5, 5.41) is 2.97. The largest absolute Gasteiger partial charge is 0.497 e. The molecule has 0 atom stereocenters. The smallest absolute Gasteiger partial charge is 0.267 e. The number of methoxy groups -OCH3 is 1. The number of aromatic nitrogens is 1. The number of benzene rings is 2. The van der Waals surface area contributed by atoms with Crippen molar-refractivity contribution in [1.29, 1.82) is 0 Å². The van der Waals surface area contributed by atoms with Crippen LogP contribution >= 0.6 is 11.3 Å². The molecule has 29 heavy (non-hydrogen) atoms. The molecule has 7 nitrogen and oxygen atoms in total. The topological polar surface area (TPSA) is 97.4 Å². The lowest BCUT2D eigenvalue weighted by atomic mass is 10.1. The Morgan fingerprint density at radius 3 is 2.24 bits per heavy atom. The molecular weight excluding hydrogens is 410 g/mol. The quantitative estimate of drug-likeness (QED) is 0.612. The number of amides is 1. The van der Waals surface area contributed by atoms with Gasteiger partial charge < -0.3 is 10.1 Å². The summed E-state index contributed by atoms with van der Waals surface area (Å²) in [5.41, 5.74) is 3.20. The van der Waals surface area contributed by atoms with Crippen LogP contribution in [0.3, 0.4) is 0 Å². The molecule has 0 aliphatic rings.